The van der Waals surface area contributed by atoms with Gasteiger partial charge < -0.3 is 40.7 Å². The summed E-state index contributed by atoms with van der Waals surface area (Å²) in [5.74, 6) is -7.58. The normalized spacial score (nSPS) is 27.1. The number of aromatic hydroxyl groups is 1. The summed E-state index contributed by atoms with van der Waals surface area (Å²) in [6, 6.07) is 1.54. The highest BCUT2D eigenvalue weighted by atomic mass is 16.5. The first-order valence-electron chi connectivity index (χ1n) is 12.3. The van der Waals surface area contributed by atoms with Gasteiger partial charge in [0.2, 0.25) is 5.78 Å². The van der Waals surface area contributed by atoms with E-state index in [1.54, 1.807) is 25.1 Å². The van der Waals surface area contributed by atoms with Crippen LogP contribution in [0.2, 0.25) is 0 Å². The van der Waals surface area contributed by atoms with Crippen molar-refractivity contribution in [3.63, 3.8) is 0 Å². The van der Waals surface area contributed by atoms with Crippen molar-refractivity contribution in [2.45, 2.75) is 24.9 Å². The molecule has 6 N–H and O–H groups in total. The van der Waals surface area contributed by atoms with E-state index in [0.717, 1.165) is 0 Å². The summed E-state index contributed by atoms with van der Waals surface area (Å²) < 4.78 is 5.30. The second kappa shape index (κ2) is 8.84. The molecule has 3 aliphatic carbocycles. The maximum absolute atomic E-state index is 13.7. The average Bonchev–Trinajstić information content (AvgIpc) is 2.86. The van der Waals surface area contributed by atoms with E-state index in [4.69, 9.17) is 10.5 Å². The van der Waals surface area contributed by atoms with Gasteiger partial charge in [-0.25, -0.2) is 0 Å². The number of fused-ring (bicyclic) bond motifs is 3. The maximum Gasteiger partial charge on any atom is 0.257 e. The Morgan fingerprint density at radius 1 is 1.13 bits per heavy atom. The van der Waals surface area contributed by atoms with Crippen LogP contribution in [0.25, 0.3) is 5.76 Å². The first-order chi connectivity index (χ1) is 17.9. The Balaban J connectivity index is 1.69. The second-order valence-electron chi connectivity index (χ2n) is 10.4. The Labute approximate surface area is 217 Å². The van der Waals surface area contributed by atoms with E-state index in [1.807, 2.05) is 0 Å². The molecule has 2 fully saturated rings. The molecule has 202 valence electrons. The zero-order chi connectivity index (χ0) is 27.7. The van der Waals surface area contributed by atoms with Crippen molar-refractivity contribution in [1.29, 1.82) is 0 Å². The van der Waals surface area contributed by atoms with Gasteiger partial charge in [0.25, 0.3) is 11.8 Å². The average molecular weight is 528 g/mol. The number of anilines is 1. The van der Waals surface area contributed by atoms with E-state index in [0.29, 0.717) is 37.6 Å². The molecule has 3 unspecified atom stereocenters. The number of nitrogens with two attached hydrogens (primary N) is 1. The highest BCUT2D eigenvalue weighted by Gasteiger charge is 2.60. The number of morpholine rings is 1. The number of phenols is 1. The number of primary amides is 1. The molecule has 1 aliphatic heterocycles. The molecule has 0 radical (unpaired) electrons. The number of carbonyl (C=O) groups is 4. The Kier molecular flexibility index (Phi) is 5.99. The van der Waals surface area contributed by atoms with Crippen LogP contribution in [0, 0.1) is 11.8 Å². The fourth-order valence-corrected chi connectivity index (χ4v) is 6.17. The van der Waals surface area contributed by atoms with Crippen molar-refractivity contribution in [1.82, 2.24) is 4.90 Å². The molecule has 38 heavy (non-hydrogen) atoms. The molecule has 12 heteroatoms. The number of aliphatic hydroxyl groups excluding tert-OH is 2. The van der Waals surface area contributed by atoms with Crippen LogP contribution in [0.3, 0.4) is 0 Å². The Morgan fingerprint density at radius 3 is 2.39 bits per heavy atom. The molecule has 12 nitrogen and oxygen atoms in total. The summed E-state index contributed by atoms with van der Waals surface area (Å²) in [6.07, 6.45) is -0.201. The summed E-state index contributed by atoms with van der Waals surface area (Å²) in [5, 5.41) is 44.8. The molecule has 0 spiro atoms. The molecule has 0 bridgehead atoms. The van der Waals surface area contributed by atoms with Gasteiger partial charge >= 0.3 is 0 Å². The van der Waals surface area contributed by atoms with Gasteiger partial charge in [-0.1, -0.05) is 0 Å². The standard InChI is InChI=1S/C26H29N3O9/c1-28(2)15-10-14(25(36)29-3-5-38-6-4-29)20(31)18-13(15)8-11-7-12-9-16(30)19(24(27)35)23(34)26(12,37)22(33)17(11)21(18)32/h10-12,31-32,34,37H,3-9H2,1-2H3,(H2,27,35). The predicted molar refractivity (Wildman–Crippen MR) is 132 cm³/mol. The van der Waals surface area contributed by atoms with Crippen molar-refractivity contribution in [2.75, 3.05) is 45.3 Å². The van der Waals surface area contributed by atoms with E-state index >= 15 is 0 Å². The van der Waals surface area contributed by atoms with Gasteiger partial charge in [0.05, 0.1) is 24.3 Å². The Bertz CT molecular complexity index is 1360. The monoisotopic (exact) mass is 527 g/mol. The van der Waals surface area contributed by atoms with E-state index < -0.39 is 63.7 Å². The molecule has 1 saturated carbocycles. The molecule has 4 aliphatic rings. The highest BCUT2D eigenvalue weighted by Crippen LogP contribution is 2.53. The zero-order valence-electron chi connectivity index (χ0n) is 21.0. The lowest BCUT2D eigenvalue weighted by atomic mass is 9.59. The minimum absolute atomic E-state index is 0.0327. The molecule has 1 saturated heterocycles. The SMILES string of the molecule is CN(C)c1cc(C(=O)N2CCOCC2)c(O)c2c1CC1CC3CC(=O)C(C(N)=O)=C(O)C3(O)C(=O)C1=C2O. The number of Topliss-reactive ketones (excluding diaryl/α,β-unsaturated/α-hetero) is 2. The third kappa shape index (κ3) is 3.51. The molecule has 1 heterocycles. The van der Waals surface area contributed by atoms with Crippen LogP contribution in [0.15, 0.2) is 23.0 Å². The number of hydrogen-bond acceptors (Lipinski definition) is 10. The number of phenolic OH excluding ortho intramolecular Hbond substituents is 1. The lowest BCUT2D eigenvalue weighted by molar-refractivity contribution is -0.147. The van der Waals surface area contributed by atoms with Gasteiger partial charge in [0.1, 0.15) is 22.8 Å². The van der Waals surface area contributed by atoms with Crippen LogP contribution in [0.4, 0.5) is 5.69 Å². The van der Waals surface area contributed by atoms with Gasteiger partial charge in [0.15, 0.2) is 11.4 Å². The number of aliphatic hydroxyl groups is 3. The van der Waals surface area contributed by atoms with Gasteiger partial charge in [-0.15, -0.1) is 0 Å². The highest BCUT2D eigenvalue weighted by molar-refractivity contribution is 6.22. The van der Waals surface area contributed by atoms with Crippen molar-refractivity contribution in [2.24, 2.45) is 17.6 Å². The van der Waals surface area contributed by atoms with Gasteiger partial charge in [0, 0.05) is 50.8 Å². The number of rotatable bonds is 3. The van der Waals surface area contributed by atoms with Gasteiger partial charge in [-0.2, -0.15) is 0 Å². The minimum atomic E-state index is -2.64. The zero-order valence-corrected chi connectivity index (χ0v) is 21.0. The molecule has 5 rings (SSSR count). The number of ether oxygens (including phenoxy) is 1. The second-order valence-corrected chi connectivity index (χ2v) is 10.4. The summed E-state index contributed by atoms with van der Waals surface area (Å²) in [7, 11) is 3.48. The number of carbonyl (C=O) groups excluding carboxylic acids is 4. The topological polar surface area (TPSA) is 191 Å². The van der Waals surface area contributed by atoms with E-state index in [1.165, 1.54) is 4.90 Å². The molecule has 2 amide bonds. The van der Waals surface area contributed by atoms with E-state index in [9.17, 15) is 39.6 Å². The summed E-state index contributed by atoms with van der Waals surface area (Å²) in [5.41, 5.74) is 2.35. The molecule has 0 aromatic heterocycles. The van der Waals surface area contributed by atoms with Crippen LogP contribution in [0.5, 0.6) is 5.75 Å². The van der Waals surface area contributed by atoms with E-state index in [2.05, 4.69) is 0 Å². The Morgan fingerprint density at radius 2 is 1.79 bits per heavy atom. The third-order valence-corrected chi connectivity index (χ3v) is 8.05. The van der Waals surface area contributed by atoms with Crippen molar-refractivity contribution >= 4 is 34.8 Å². The summed E-state index contributed by atoms with van der Waals surface area (Å²) >= 11 is 0. The fourth-order valence-electron chi connectivity index (χ4n) is 6.17. The number of benzene rings is 1. The maximum atomic E-state index is 13.7. The minimum Gasteiger partial charge on any atom is -0.508 e. The fraction of sp³-hybridized carbons (Fsp3) is 0.462. The van der Waals surface area contributed by atoms with Gasteiger partial charge in [-0.3, -0.25) is 19.2 Å². The van der Waals surface area contributed by atoms with Crippen LogP contribution in [-0.4, -0.2) is 94.7 Å². The van der Waals surface area contributed by atoms with Crippen molar-refractivity contribution in [3.05, 3.63) is 39.7 Å². The smallest absolute Gasteiger partial charge is 0.257 e. The number of amides is 2. The lowest BCUT2D eigenvalue weighted by Gasteiger charge is -2.46. The quantitative estimate of drug-likeness (QED) is 0.333. The van der Waals surface area contributed by atoms with Gasteiger partial charge in [-0.05, 0) is 30.4 Å². The molecular formula is C26H29N3O9. The van der Waals surface area contributed by atoms with Crippen LogP contribution < -0.4 is 10.6 Å². The van der Waals surface area contributed by atoms with Crippen molar-refractivity contribution < 1.29 is 44.3 Å². The summed E-state index contributed by atoms with van der Waals surface area (Å²) in [6.45, 7) is 1.33. The van der Waals surface area contributed by atoms with Crippen LogP contribution >= 0.6 is 0 Å². The number of ketones is 2. The van der Waals surface area contributed by atoms with Crippen molar-refractivity contribution in [3.8, 4) is 5.75 Å². The van der Waals surface area contributed by atoms with E-state index in [-0.39, 0.29) is 36.0 Å². The first-order valence-corrected chi connectivity index (χ1v) is 12.3. The molecular weight excluding hydrogens is 498 g/mol. The lowest BCUT2D eigenvalue weighted by Crippen LogP contribution is -2.58. The molecule has 3 atom stereocenters. The molecule has 1 aromatic rings. The summed E-state index contributed by atoms with van der Waals surface area (Å²) in [4.78, 5) is 54.6. The predicted octanol–water partition coefficient (Wildman–Crippen LogP) is -0.0377. The molecule has 1 aromatic carbocycles. The largest absolute Gasteiger partial charge is 0.508 e. The van der Waals surface area contributed by atoms with Crippen LogP contribution in [0.1, 0.15) is 34.3 Å². The Hall–Kier alpha value is -3.90. The van der Waals surface area contributed by atoms with Crippen LogP contribution in [-0.2, 0) is 25.5 Å². The third-order valence-electron chi connectivity index (χ3n) is 8.05. The number of hydrogen-bond donors (Lipinski definition) is 5. The first kappa shape index (κ1) is 25.7. The number of nitrogens with zero attached hydrogens (tertiary/aromatic N) is 2.